The maximum atomic E-state index is 12.1. The summed E-state index contributed by atoms with van der Waals surface area (Å²) in [6.45, 7) is 13.0. The highest BCUT2D eigenvalue weighted by molar-refractivity contribution is 5.89. The van der Waals surface area contributed by atoms with Gasteiger partial charge >= 0.3 is 5.97 Å². The summed E-state index contributed by atoms with van der Waals surface area (Å²) in [4.78, 5) is 12.1. The van der Waals surface area contributed by atoms with Crippen molar-refractivity contribution in [1.82, 2.24) is 0 Å². The van der Waals surface area contributed by atoms with Gasteiger partial charge in [0.1, 0.15) is 6.10 Å². The Morgan fingerprint density at radius 3 is 2.42 bits per heavy atom. The van der Waals surface area contributed by atoms with E-state index in [0.717, 1.165) is 5.57 Å². The molecule has 4 heteroatoms. The van der Waals surface area contributed by atoms with Gasteiger partial charge in [-0.25, -0.2) is 4.79 Å². The minimum absolute atomic E-state index is 0.189. The van der Waals surface area contributed by atoms with E-state index in [1.807, 2.05) is 19.9 Å². The molecule has 0 heterocycles. The minimum atomic E-state index is -0.629. The zero-order valence-corrected chi connectivity index (χ0v) is 15.0. The molecule has 1 rings (SSSR count). The van der Waals surface area contributed by atoms with Crippen molar-refractivity contribution in [3.63, 3.8) is 0 Å². The fourth-order valence-electron chi connectivity index (χ4n) is 2.06. The first kappa shape index (κ1) is 19.6. The average Bonchev–Trinajstić information content (AvgIpc) is 2.54. The van der Waals surface area contributed by atoms with E-state index in [9.17, 15) is 15.0 Å². The molecule has 1 aromatic rings. The van der Waals surface area contributed by atoms with Crippen LogP contribution in [0.3, 0.4) is 0 Å². The molecule has 130 valence electrons. The molecule has 0 fully saturated rings. The number of hydrogen-bond acceptors (Lipinski definition) is 4. The Hall–Kier alpha value is -2.49. The Balaban J connectivity index is 3.19. The monoisotopic (exact) mass is 330 g/mol. The Kier molecular flexibility index (Phi) is 6.83. The second-order valence-electron chi connectivity index (χ2n) is 6.04. The molecule has 0 aromatic heterocycles. The highest BCUT2D eigenvalue weighted by atomic mass is 16.5. The van der Waals surface area contributed by atoms with Crippen LogP contribution in [0.25, 0.3) is 5.57 Å². The lowest BCUT2D eigenvalue weighted by molar-refractivity contribution is -0.141. The topological polar surface area (TPSA) is 66.8 Å². The van der Waals surface area contributed by atoms with Gasteiger partial charge in [0.05, 0.1) is 0 Å². The molecular weight excluding hydrogens is 304 g/mol. The standard InChI is InChI=1S/C20H26O4/c1-7-13(4)20(23)24-17(11-8-12(2)3)15(6)16-10-9-14(5)18(21)19(16)22/h7-10,17,21-22H,6,11H2,1-5H3. The molecule has 1 atom stereocenters. The van der Waals surface area contributed by atoms with Crippen LogP contribution in [0.15, 0.2) is 42.0 Å². The van der Waals surface area contributed by atoms with Crippen LogP contribution in [-0.2, 0) is 9.53 Å². The van der Waals surface area contributed by atoms with Crippen molar-refractivity contribution in [2.75, 3.05) is 0 Å². The average molecular weight is 330 g/mol. The lowest BCUT2D eigenvalue weighted by atomic mass is 9.96. The van der Waals surface area contributed by atoms with E-state index in [0.29, 0.717) is 28.7 Å². The van der Waals surface area contributed by atoms with Crippen LogP contribution in [0.2, 0.25) is 0 Å². The molecule has 0 spiro atoms. The first-order valence-electron chi connectivity index (χ1n) is 7.87. The highest BCUT2D eigenvalue weighted by Crippen LogP contribution is 2.37. The number of carbonyl (C=O) groups is 1. The Bertz CT molecular complexity index is 692. The van der Waals surface area contributed by atoms with Crippen LogP contribution in [0.4, 0.5) is 0 Å². The Morgan fingerprint density at radius 2 is 1.88 bits per heavy atom. The lowest BCUT2D eigenvalue weighted by Crippen LogP contribution is -2.20. The van der Waals surface area contributed by atoms with E-state index in [1.165, 1.54) is 0 Å². The highest BCUT2D eigenvalue weighted by Gasteiger charge is 2.22. The number of benzene rings is 1. The summed E-state index contributed by atoms with van der Waals surface area (Å²) in [5.41, 5.74) is 2.96. The molecular formula is C20H26O4. The molecule has 1 aromatic carbocycles. The van der Waals surface area contributed by atoms with E-state index in [2.05, 4.69) is 6.58 Å². The minimum Gasteiger partial charge on any atom is -0.504 e. The molecule has 0 saturated carbocycles. The molecule has 0 saturated heterocycles. The number of rotatable bonds is 6. The van der Waals surface area contributed by atoms with E-state index in [1.54, 1.807) is 39.0 Å². The van der Waals surface area contributed by atoms with Crippen LogP contribution in [-0.4, -0.2) is 22.3 Å². The second kappa shape index (κ2) is 8.39. The van der Waals surface area contributed by atoms with Crippen molar-refractivity contribution < 1.29 is 19.7 Å². The normalized spacial score (nSPS) is 12.5. The summed E-state index contributed by atoms with van der Waals surface area (Å²) in [6.07, 6.45) is 3.44. The predicted molar refractivity (Wildman–Crippen MR) is 96.9 cm³/mol. The van der Waals surface area contributed by atoms with Gasteiger partial charge in [-0.05, 0) is 45.8 Å². The van der Waals surface area contributed by atoms with Crippen molar-refractivity contribution in [2.24, 2.45) is 0 Å². The number of esters is 1. The summed E-state index contributed by atoms with van der Waals surface area (Å²) >= 11 is 0. The smallest absolute Gasteiger partial charge is 0.333 e. The lowest BCUT2D eigenvalue weighted by Gasteiger charge is -2.21. The third kappa shape index (κ3) is 4.75. The number of aromatic hydroxyl groups is 2. The van der Waals surface area contributed by atoms with Gasteiger partial charge < -0.3 is 14.9 Å². The number of allylic oxidation sites excluding steroid dienone is 2. The summed E-state index contributed by atoms with van der Waals surface area (Å²) in [5.74, 6) is -0.867. The largest absolute Gasteiger partial charge is 0.504 e. The maximum absolute atomic E-state index is 12.1. The number of carbonyl (C=O) groups excluding carboxylic acids is 1. The number of phenols is 2. The number of ether oxygens (including phenoxy) is 1. The first-order valence-corrected chi connectivity index (χ1v) is 7.87. The van der Waals surface area contributed by atoms with Gasteiger partial charge in [0.2, 0.25) is 0 Å². The third-order valence-corrected chi connectivity index (χ3v) is 3.83. The molecule has 24 heavy (non-hydrogen) atoms. The zero-order valence-electron chi connectivity index (χ0n) is 15.0. The summed E-state index contributed by atoms with van der Waals surface area (Å²) < 4.78 is 5.55. The fourth-order valence-corrected chi connectivity index (χ4v) is 2.06. The van der Waals surface area contributed by atoms with Gasteiger partial charge in [-0.3, -0.25) is 0 Å². The van der Waals surface area contributed by atoms with Crippen LogP contribution < -0.4 is 0 Å². The first-order chi connectivity index (χ1) is 11.2. The third-order valence-electron chi connectivity index (χ3n) is 3.83. The van der Waals surface area contributed by atoms with Crippen molar-refractivity contribution in [3.8, 4) is 11.5 Å². The maximum Gasteiger partial charge on any atom is 0.333 e. The van der Waals surface area contributed by atoms with Gasteiger partial charge in [-0.2, -0.15) is 0 Å². The summed E-state index contributed by atoms with van der Waals surface area (Å²) in [7, 11) is 0. The van der Waals surface area contributed by atoms with Crippen LogP contribution in [0, 0.1) is 6.92 Å². The number of phenolic OH excluding ortho intramolecular Hbond substituents is 2. The van der Waals surface area contributed by atoms with Crippen molar-refractivity contribution in [2.45, 2.75) is 47.1 Å². The van der Waals surface area contributed by atoms with Crippen LogP contribution >= 0.6 is 0 Å². The van der Waals surface area contributed by atoms with Crippen LogP contribution in [0.5, 0.6) is 11.5 Å². The quantitative estimate of drug-likeness (QED) is 0.345. The van der Waals surface area contributed by atoms with Gasteiger partial charge in [-0.15, -0.1) is 0 Å². The predicted octanol–water partition coefficient (Wildman–Crippen LogP) is 4.65. The van der Waals surface area contributed by atoms with Crippen LogP contribution in [0.1, 0.15) is 45.2 Å². The van der Waals surface area contributed by atoms with E-state index in [-0.39, 0.29) is 11.5 Å². The summed E-state index contributed by atoms with van der Waals surface area (Å²) in [5, 5.41) is 20.1. The summed E-state index contributed by atoms with van der Waals surface area (Å²) in [6, 6.07) is 3.35. The molecule has 0 amide bonds. The SMILES string of the molecule is C=C(c1ccc(C)c(O)c1O)C(CC=C(C)C)OC(=O)C(C)=CC. The molecule has 0 aliphatic heterocycles. The fraction of sp³-hybridized carbons (Fsp3) is 0.350. The van der Waals surface area contributed by atoms with Crippen molar-refractivity contribution >= 4 is 11.5 Å². The number of aryl methyl sites for hydroxylation is 1. The molecule has 2 N–H and O–H groups in total. The van der Waals surface area contributed by atoms with Crippen molar-refractivity contribution in [3.05, 3.63) is 53.1 Å². The molecule has 0 bridgehead atoms. The van der Waals surface area contributed by atoms with Gasteiger partial charge in [0, 0.05) is 17.6 Å². The van der Waals surface area contributed by atoms with E-state index in [4.69, 9.17) is 4.74 Å². The van der Waals surface area contributed by atoms with Crippen molar-refractivity contribution in [1.29, 1.82) is 0 Å². The molecule has 4 nitrogen and oxygen atoms in total. The van der Waals surface area contributed by atoms with E-state index >= 15 is 0 Å². The molecule has 1 unspecified atom stereocenters. The molecule has 0 radical (unpaired) electrons. The zero-order chi connectivity index (χ0) is 18.4. The molecule has 0 aliphatic rings. The second-order valence-corrected chi connectivity index (χ2v) is 6.04. The Morgan fingerprint density at radius 1 is 1.25 bits per heavy atom. The van der Waals surface area contributed by atoms with Gasteiger partial charge in [0.15, 0.2) is 11.5 Å². The van der Waals surface area contributed by atoms with Gasteiger partial charge in [-0.1, -0.05) is 36.4 Å². The van der Waals surface area contributed by atoms with E-state index < -0.39 is 12.1 Å². The Labute approximate surface area is 143 Å². The molecule has 0 aliphatic carbocycles. The number of hydrogen-bond donors (Lipinski definition) is 2. The van der Waals surface area contributed by atoms with Gasteiger partial charge in [0.25, 0.3) is 0 Å².